The minimum absolute atomic E-state index is 0.0727. The summed E-state index contributed by atoms with van der Waals surface area (Å²) in [6.45, 7) is 0.118. The lowest BCUT2D eigenvalue weighted by atomic mass is 10.4. The first kappa shape index (κ1) is 11.3. The Morgan fingerprint density at radius 2 is 2.13 bits per heavy atom. The summed E-state index contributed by atoms with van der Waals surface area (Å²) in [6.07, 6.45) is 1.53. The highest BCUT2D eigenvalue weighted by Crippen LogP contribution is 1.97. The van der Waals surface area contributed by atoms with Gasteiger partial charge in [-0.3, -0.25) is 9.59 Å². The highest BCUT2D eigenvalue weighted by Gasteiger charge is 2.04. The molecule has 6 nitrogen and oxygen atoms in total. The predicted octanol–water partition coefficient (Wildman–Crippen LogP) is -1.03. The number of carbonyl (C=O) groups is 2. The molecule has 0 unspecified atom stereocenters. The summed E-state index contributed by atoms with van der Waals surface area (Å²) in [5.74, 6) is 0.0184. The first-order chi connectivity index (χ1) is 7.22. The zero-order valence-corrected chi connectivity index (χ0v) is 8.16. The Morgan fingerprint density at radius 3 is 2.73 bits per heavy atom. The molecular weight excluding hydrogens is 198 g/mol. The van der Waals surface area contributed by atoms with Crippen molar-refractivity contribution in [2.45, 2.75) is 6.54 Å². The smallest absolute Gasteiger partial charge is 0.239 e. The van der Waals surface area contributed by atoms with Crippen molar-refractivity contribution in [2.24, 2.45) is 5.73 Å². The standard InChI is InChI=1S/C9H13N3O3/c10-4-8(13)12-6-9(14)11-5-7-2-1-3-15-7/h1-3H,4-6,10H2,(H,11,14)(H,12,13). The van der Waals surface area contributed by atoms with Crippen LogP contribution in [-0.2, 0) is 16.1 Å². The molecule has 0 aliphatic carbocycles. The summed E-state index contributed by atoms with van der Waals surface area (Å²) >= 11 is 0. The van der Waals surface area contributed by atoms with E-state index in [1.807, 2.05) is 0 Å². The van der Waals surface area contributed by atoms with Crippen LogP contribution in [0.3, 0.4) is 0 Å². The maximum Gasteiger partial charge on any atom is 0.239 e. The van der Waals surface area contributed by atoms with Gasteiger partial charge >= 0.3 is 0 Å². The SMILES string of the molecule is NCC(=O)NCC(=O)NCc1ccco1. The molecule has 0 fully saturated rings. The van der Waals surface area contributed by atoms with E-state index in [0.29, 0.717) is 12.3 Å². The van der Waals surface area contributed by atoms with Gasteiger partial charge in [-0.25, -0.2) is 0 Å². The third kappa shape index (κ3) is 4.28. The van der Waals surface area contributed by atoms with Crippen molar-refractivity contribution in [3.05, 3.63) is 24.2 Å². The molecule has 0 aliphatic heterocycles. The first-order valence-corrected chi connectivity index (χ1v) is 4.48. The minimum atomic E-state index is -0.358. The van der Waals surface area contributed by atoms with E-state index in [-0.39, 0.29) is 24.9 Å². The zero-order valence-electron chi connectivity index (χ0n) is 8.16. The van der Waals surface area contributed by atoms with Gasteiger partial charge in [-0.05, 0) is 12.1 Å². The highest BCUT2D eigenvalue weighted by molar-refractivity contribution is 5.85. The number of carbonyl (C=O) groups excluding carboxylic acids is 2. The van der Waals surface area contributed by atoms with Gasteiger partial charge in [-0.1, -0.05) is 0 Å². The Kier molecular flexibility index (Phi) is 4.36. The summed E-state index contributed by atoms with van der Waals surface area (Å²) in [4.78, 5) is 21.9. The van der Waals surface area contributed by atoms with Crippen LogP contribution in [0.4, 0.5) is 0 Å². The maximum absolute atomic E-state index is 11.2. The average Bonchev–Trinajstić information content (AvgIpc) is 2.75. The molecule has 82 valence electrons. The number of furan rings is 1. The van der Waals surface area contributed by atoms with Crippen LogP contribution in [0.15, 0.2) is 22.8 Å². The maximum atomic E-state index is 11.2. The minimum Gasteiger partial charge on any atom is -0.467 e. The number of hydrogen-bond donors (Lipinski definition) is 3. The van der Waals surface area contributed by atoms with Gasteiger partial charge in [0.25, 0.3) is 0 Å². The molecular formula is C9H13N3O3. The van der Waals surface area contributed by atoms with Gasteiger partial charge in [0.1, 0.15) is 5.76 Å². The van der Waals surface area contributed by atoms with Crippen LogP contribution in [0.25, 0.3) is 0 Å². The molecule has 0 radical (unpaired) electrons. The fourth-order valence-electron chi connectivity index (χ4n) is 0.912. The van der Waals surface area contributed by atoms with Crippen LogP contribution in [0.2, 0.25) is 0 Å². The zero-order chi connectivity index (χ0) is 11.1. The lowest BCUT2D eigenvalue weighted by Gasteiger charge is -2.04. The molecule has 1 heterocycles. The second-order valence-electron chi connectivity index (χ2n) is 2.84. The number of nitrogens with one attached hydrogen (secondary N) is 2. The van der Waals surface area contributed by atoms with E-state index in [4.69, 9.17) is 10.2 Å². The fourth-order valence-corrected chi connectivity index (χ4v) is 0.912. The predicted molar refractivity (Wildman–Crippen MR) is 52.6 cm³/mol. The summed E-state index contributed by atoms with van der Waals surface area (Å²) < 4.78 is 5.01. The van der Waals surface area contributed by atoms with Crippen LogP contribution in [0.1, 0.15) is 5.76 Å². The molecule has 0 saturated carbocycles. The Labute approximate surface area is 86.8 Å². The van der Waals surface area contributed by atoms with Gasteiger partial charge in [0.05, 0.1) is 25.9 Å². The normalized spacial score (nSPS) is 9.67. The number of rotatable bonds is 5. The summed E-state index contributed by atoms with van der Waals surface area (Å²) in [6, 6.07) is 3.48. The van der Waals surface area contributed by atoms with Crippen LogP contribution in [0, 0.1) is 0 Å². The van der Waals surface area contributed by atoms with Crippen molar-refractivity contribution in [3.63, 3.8) is 0 Å². The van der Waals surface area contributed by atoms with E-state index in [9.17, 15) is 9.59 Å². The number of nitrogens with two attached hydrogens (primary N) is 1. The van der Waals surface area contributed by atoms with E-state index in [1.54, 1.807) is 12.1 Å². The largest absolute Gasteiger partial charge is 0.467 e. The first-order valence-electron chi connectivity index (χ1n) is 4.48. The van der Waals surface area contributed by atoms with Gasteiger partial charge in [0, 0.05) is 0 Å². The second-order valence-corrected chi connectivity index (χ2v) is 2.84. The Morgan fingerprint density at radius 1 is 1.33 bits per heavy atom. The third-order valence-corrected chi connectivity index (χ3v) is 1.67. The van der Waals surface area contributed by atoms with Crippen molar-refractivity contribution in [1.82, 2.24) is 10.6 Å². The molecule has 0 saturated heterocycles. The van der Waals surface area contributed by atoms with Crippen molar-refractivity contribution in [3.8, 4) is 0 Å². The van der Waals surface area contributed by atoms with Crippen LogP contribution in [-0.4, -0.2) is 24.9 Å². The quantitative estimate of drug-likeness (QED) is 0.580. The van der Waals surface area contributed by atoms with E-state index in [0.717, 1.165) is 0 Å². The van der Waals surface area contributed by atoms with Crippen LogP contribution < -0.4 is 16.4 Å². The Bertz CT molecular complexity index is 321. The van der Waals surface area contributed by atoms with Crippen molar-refractivity contribution in [2.75, 3.05) is 13.1 Å². The molecule has 0 spiro atoms. The van der Waals surface area contributed by atoms with Gasteiger partial charge in [0.15, 0.2) is 0 Å². The molecule has 2 amide bonds. The van der Waals surface area contributed by atoms with Gasteiger partial charge in [0.2, 0.25) is 11.8 Å². The Balaban J connectivity index is 2.16. The van der Waals surface area contributed by atoms with Gasteiger partial charge in [-0.15, -0.1) is 0 Å². The van der Waals surface area contributed by atoms with E-state index < -0.39 is 0 Å². The molecule has 0 aliphatic rings. The van der Waals surface area contributed by atoms with E-state index in [2.05, 4.69) is 10.6 Å². The van der Waals surface area contributed by atoms with Gasteiger partial charge < -0.3 is 20.8 Å². The van der Waals surface area contributed by atoms with Gasteiger partial charge in [-0.2, -0.15) is 0 Å². The lowest BCUT2D eigenvalue weighted by Crippen LogP contribution is -2.39. The van der Waals surface area contributed by atoms with E-state index >= 15 is 0 Å². The van der Waals surface area contributed by atoms with Crippen LogP contribution >= 0.6 is 0 Å². The summed E-state index contributed by atoms with van der Waals surface area (Å²) in [5.41, 5.74) is 5.05. The molecule has 15 heavy (non-hydrogen) atoms. The number of amides is 2. The number of hydrogen-bond acceptors (Lipinski definition) is 4. The summed E-state index contributed by atoms with van der Waals surface area (Å²) in [5, 5.41) is 4.93. The summed E-state index contributed by atoms with van der Waals surface area (Å²) in [7, 11) is 0. The second kappa shape index (κ2) is 5.82. The average molecular weight is 211 g/mol. The third-order valence-electron chi connectivity index (χ3n) is 1.67. The molecule has 0 aromatic carbocycles. The van der Waals surface area contributed by atoms with Crippen molar-refractivity contribution < 1.29 is 14.0 Å². The molecule has 1 aromatic rings. The van der Waals surface area contributed by atoms with E-state index in [1.165, 1.54) is 6.26 Å². The molecule has 1 rings (SSSR count). The Hall–Kier alpha value is -1.82. The molecule has 4 N–H and O–H groups in total. The van der Waals surface area contributed by atoms with Crippen molar-refractivity contribution in [1.29, 1.82) is 0 Å². The monoisotopic (exact) mass is 211 g/mol. The molecule has 1 aromatic heterocycles. The molecule has 0 bridgehead atoms. The molecule has 6 heteroatoms. The topological polar surface area (TPSA) is 97.4 Å². The lowest BCUT2D eigenvalue weighted by molar-refractivity contribution is -0.125. The van der Waals surface area contributed by atoms with Crippen molar-refractivity contribution >= 4 is 11.8 Å². The van der Waals surface area contributed by atoms with Crippen LogP contribution in [0.5, 0.6) is 0 Å². The highest BCUT2D eigenvalue weighted by atomic mass is 16.3. The fraction of sp³-hybridized carbons (Fsp3) is 0.333. The molecule has 0 atom stereocenters.